The van der Waals surface area contributed by atoms with Crippen LogP contribution in [-0.2, 0) is 4.79 Å². The number of halogens is 4. The summed E-state index contributed by atoms with van der Waals surface area (Å²) >= 11 is 0. The van der Waals surface area contributed by atoms with E-state index in [9.17, 15) is 22.4 Å². The van der Waals surface area contributed by atoms with E-state index in [0.29, 0.717) is 0 Å². The van der Waals surface area contributed by atoms with Crippen LogP contribution in [0.2, 0.25) is 0 Å². The largest absolute Gasteiger partial charge is 0.471 e. The van der Waals surface area contributed by atoms with Crippen molar-refractivity contribution in [2.45, 2.75) is 37.7 Å². The summed E-state index contributed by atoms with van der Waals surface area (Å²) in [4.78, 5) is 10.4. The molecule has 0 spiro atoms. The summed E-state index contributed by atoms with van der Waals surface area (Å²) in [7, 11) is 0. The first-order valence-electron chi connectivity index (χ1n) is 3.91. The lowest BCUT2D eigenvalue weighted by Gasteiger charge is -2.13. The van der Waals surface area contributed by atoms with Gasteiger partial charge >= 0.3 is 12.1 Å². The number of hydrogen-bond donors (Lipinski definition) is 1. The van der Waals surface area contributed by atoms with Crippen molar-refractivity contribution in [1.29, 1.82) is 0 Å². The highest BCUT2D eigenvalue weighted by Crippen LogP contribution is 2.23. The number of alkyl halides is 4. The number of amides is 1. The molecule has 1 rings (SSSR count). The molecular formula is C7H9F4NO. The third-order valence-electron chi connectivity index (χ3n) is 1.96. The molecule has 0 aliphatic heterocycles. The van der Waals surface area contributed by atoms with Gasteiger partial charge < -0.3 is 5.32 Å². The van der Waals surface area contributed by atoms with Crippen LogP contribution in [0.15, 0.2) is 0 Å². The Kier molecular flexibility index (Phi) is 2.77. The predicted octanol–water partition coefficient (Wildman–Crippen LogP) is 1.56. The Labute approximate surface area is 72.3 Å². The Hall–Kier alpha value is -0.810. The fourth-order valence-electron chi connectivity index (χ4n) is 1.32. The molecular weight excluding hydrogens is 190 g/mol. The van der Waals surface area contributed by atoms with Crippen LogP contribution in [0.3, 0.4) is 0 Å². The van der Waals surface area contributed by atoms with E-state index >= 15 is 0 Å². The Morgan fingerprint density at radius 3 is 2.31 bits per heavy atom. The first-order chi connectivity index (χ1) is 5.89. The second-order valence-electron chi connectivity index (χ2n) is 3.08. The van der Waals surface area contributed by atoms with Gasteiger partial charge in [-0.25, -0.2) is 4.39 Å². The predicted molar refractivity (Wildman–Crippen MR) is 36.7 cm³/mol. The highest BCUT2D eigenvalue weighted by Gasteiger charge is 2.40. The van der Waals surface area contributed by atoms with Gasteiger partial charge in [0.1, 0.15) is 6.17 Å². The lowest BCUT2D eigenvalue weighted by Crippen LogP contribution is -2.42. The van der Waals surface area contributed by atoms with E-state index < -0.39 is 24.3 Å². The van der Waals surface area contributed by atoms with Gasteiger partial charge in [0.25, 0.3) is 0 Å². The molecule has 0 aromatic rings. The van der Waals surface area contributed by atoms with Crippen LogP contribution in [0.5, 0.6) is 0 Å². The van der Waals surface area contributed by atoms with E-state index in [1.807, 2.05) is 0 Å². The van der Waals surface area contributed by atoms with Crippen molar-refractivity contribution in [1.82, 2.24) is 5.32 Å². The minimum absolute atomic E-state index is 0.0121. The lowest BCUT2D eigenvalue weighted by molar-refractivity contribution is -0.174. The van der Waals surface area contributed by atoms with Crippen LogP contribution in [0, 0.1) is 0 Å². The van der Waals surface area contributed by atoms with Gasteiger partial charge in [-0.05, 0) is 19.3 Å². The Balaban J connectivity index is 2.37. The van der Waals surface area contributed by atoms with Crippen LogP contribution in [0.4, 0.5) is 17.6 Å². The van der Waals surface area contributed by atoms with Gasteiger partial charge in [0.2, 0.25) is 0 Å². The molecule has 0 radical (unpaired) electrons. The minimum Gasteiger partial charge on any atom is -0.345 e. The summed E-state index contributed by atoms with van der Waals surface area (Å²) < 4.78 is 47.6. The average molecular weight is 199 g/mol. The fraction of sp³-hybridized carbons (Fsp3) is 0.857. The summed E-state index contributed by atoms with van der Waals surface area (Å²) in [5.74, 6) is -1.98. The molecule has 2 atom stereocenters. The normalized spacial score (nSPS) is 28.9. The van der Waals surface area contributed by atoms with Gasteiger partial charge in [0.15, 0.2) is 0 Å². The molecule has 0 heterocycles. The zero-order valence-corrected chi connectivity index (χ0v) is 6.70. The number of carbonyl (C=O) groups is 1. The van der Waals surface area contributed by atoms with Gasteiger partial charge in [-0.3, -0.25) is 4.79 Å². The third-order valence-corrected chi connectivity index (χ3v) is 1.96. The van der Waals surface area contributed by atoms with Gasteiger partial charge in [-0.2, -0.15) is 13.2 Å². The van der Waals surface area contributed by atoms with Gasteiger partial charge in [0.05, 0.1) is 0 Å². The molecule has 13 heavy (non-hydrogen) atoms. The Morgan fingerprint density at radius 1 is 1.31 bits per heavy atom. The molecule has 76 valence electrons. The van der Waals surface area contributed by atoms with Crippen LogP contribution >= 0.6 is 0 Å². The smallest absolute Gasteiger partial charge is 0.345 e. The van der Waals surface area contributed by atoms with Crippen LogP contribution in [0.25, 0.3) is 0 Å². The number of hydrogen-bond acceptors (Lipinski definition) is 1. The molecule has 1 saturated carbocycles. The van der Waals surface area contributed by atoms with E-state index in [4.69, 9.17) is 0 Å². The molecule has 1 amide bonds. The number of carbonyl (C=O) groups excluding carboxylic acids is 1. The summed E-state index contributed by atoms with van der Waals surface area (Å²) in [6.45, 7) is 0. The summed E-state index contributed by atoms with van der Waals surface area (Å²) in [5.41, 5.74) is 0. The fourth-order valence-corrected chi connectivity index (χ4v) is 1.32. The number of nitrogens with one attached hydrogen (secondary N) is 1. The van der Waals surface area contributed by atoms with E-state index in [1.54, 1.807) is 5.32 Å². The summed E-state index contributed by atoms with van der Waals surface area (Å²) in [6.07, 6.45) is -5.46. The van der Waals surface area contributed by atoms with Crippen molar-refractivity contribution in [3.8, 4) is 0 Å². The number of rotatable bonds is 1. The van der Waals surface area contributed by atoms with E-state index in [-0.39, 0.29) is 19.3 Å². The molecule has 6 heteroatoms. The first kappa shape index (κ1) is 10.3. The van der Waals surface area contributed by atoms with Gasteiger partial charge in [-0.15, -0.1) is 0 Å². The molecule has 2 unspecified atom stereocenters. The van der Waals surface area contributed by atoms with Crippen molar-refractivity contribution < 1.29 is 22.4 Å². The van der Waals surface area contributed by atoms with Crippen molar-refractivity contribution in [2.75, 3.05) is 0 Å². The Morgan fingerprint density at radius 2 is 1.92 bits per heavy atom. The van der Waals surface area contributed by atoms with Crippen molar-refractivity contribution in [2.24, 2.45) is 0 Å². The van der Waals surface area contributed by atoms with Crippen LogP contribution < -0.4 is 5.32 Å². The molecule has 1 fully saturated rings. The topological polar surface area (TPSA) is 29.1 Å². The van der Waals surface area contributed by atoms with Crippen LogP contribution in [-0.4, -0.2) is 24.3 Å². The lowest BCUT2D eigenvalue weighted by atomic mass is 10.2. The second kappa shape index (κ2) is 3.51. The molecule has 1 aliphatic rings. The van der Waals surface area contributed by atoms with Crippen LogP contribution in [0.1, 0.15) is 19.3 Å². The molecule has 0 aromatic heterocycles. The zero-order valence-electron chi connectivity index (χ0n) is 6.70. The SMILES string of the molecule is O=C(NC1CCC(F)C1)C(F)(F)F. The van der Waals surface area contributed by atoms with E-state index in [0.717, 1.165) is 0 Å². The van der Waals surface area contributed by atoms with Crippen molar-refractivity contribution >= 4 is 5.91 Å². The monoisotopic (exact) mass is 199 g/mol. The maximum Gasteiger partial charge on any atom is 0.471 e. The van der Waals surface area contributed by atoms with E-state index in [2.05, 4.69) is 0 Å². The summed E-state index contributed by atoms with van der Waals surface area (Å²) in [5, 5.41) is 1.75. The quantitative estimate of drug-likeness (QED) is 0.638. The maximum atomic E-state index is 12.5. The highest BCUT2D eigenvalue weighted by atomic mass is 19.4. The molecule has 1 N–H and O–H groups in total. The Bertz CT molecular complexity index is 203. The summed E-state index contributed by atoms with van der Waals surface area (Å²) in [6, 6.07) is -0.663. The molecule has 0 aromatic carbocycles. The molecule has 0 bridgehead atoms. The second-order valence-corrected chi connectivity index (χ2v) is 3.08. The van der Waals surface area contributed by atoms with Crippen molar-refractivity contribution in [3.05, 3.63) is 0 Å². The molecule has 1 aliphatic carbocycles. The average Bonchev–Trinajstić information content (AvgIpc) is 2.33. The minimum atomic E-state index is -4.87. The third kappa shape index (κ3) is 2.86. The van der Waals surface area contributed by atoms with Gasteiger partial charge in [0, 0.05) is 6.04 Å². The first-order valence-corrected chi connectivity index (χ1v) is 3.91. The van der Waals surface area contributed by atoms with Crippen molar-refractivity contribution in [3.63, 3.8) is 0 Å². The highest BCUT2D eigenvalue weighted by molar-refractivity contribution is 5.81. The van der Waals surface area contributed by atoms with Gasteiger partial charge in [-0.1, -0.05) is 0 Å². The molecule has 0 saturated heterocycles. The standard InChI is InChI=1S/C7H9F4NO/c8-4-1-2-5(3-4)12-6(13)7(9,10)11/h4-5H,1-3H2,(H,12,13). The maximum absolute atomic E-state index is 12.5. The molecule has 2 nitrogen and oxygen atoms in total. The zero-order chi connectivity index (χ0) is 10.1. The van der Waals surface area contributed by atoms with E-state index in [1.165, 1.54) is 0 Å².